The molecule has 0 radical (unpaired) electrons. The van der Waals surface area contributed by atoms with Crippen LogP contribution in [0.15, 0.2) is 48.7 Å². The Kier molecular flexibility index (Phi) is 11.4. The number of imide groups is 1. The van der Waals surface area contributed by atoms with E-state index in [-0.39, 0.29) is 42.2 Å². The van der Waals surface area contributed by atoms with E-state index in [9.17, 15) is 37.5 Å². The molecule has 1 spiro atoms. The van der Waals surface area contributed by atoms with Crippen molar-refractivity contribution in [2.75, 3.05) is 62.2 Å². The molecule has 5 amide bonds. The molecule has 3 aliphatic heterocycles. The molecule has 2 saturated carbocycles. The summed E-state index contributed by atoms with van der Waals surface area (Å²) in [6.45, 7) is 7.81. The van der Waals surface area contributed by atoms with E-state index < -0.39 is 40.7 Å². The molecule has 3 aromatic carbocycles. The molecule has 0 atom stereocenters. The van der Waals surface area contributed by atoms with Crippen LogP contribution in [0.3, 0.4) is 0 Å². The summed E-state index contributed by atoms with van der Waals surface area (Å²) in [5, 5.41) is 20.3. The minimum Gasteiger partial charge on any atom is -0.503 e. The number of phenols is 1. The largest absolute Gasteiger partial charge is 0.503 e. The summed E-state index contributed by atoms with van der Waals surface area (Å²) in [4.78, 5) is 59.1. The first-order valence-corrected chi connectivity index (χ1v) is 22.0. The number of hydrogen-bond donors (Lipinski definition) is 3. The number of nitrogens with one attached hydrogen (secondary N) is 2. The minimum absolute atomic E-state index is 0.00243. The number of carbonyl (C=O) groups excluding carboxylic acids is 4. The van der Waals surface area contributed by atoms with Crippen LogP contribution in [0.1, 0.15) is 96.5 Å². The van der Waals surface area contributed by atoms with Crippen molar-refractivity contribution in [3.63, 3.8) is 0 Å². The number of anilines is 2. The molecule has 1 aromatic heterocycles. The number of fused-ring (bicyclic) bond motifs is 1. The normalized spacial score (nSPS) is 24.8. The Morgan fingerprint density at radius 3 is 2.37 bits per heavy atom. The molecule has 5 aliphatic rings. The van der Waals surface area contributed by atoms with Gasteiger partial charge in [0.05, 0.1) is 17.1 Å². The number of urea groups is 1. The first-order chi connectivity index (χ1) is 29.8. The van der Waals surface area contributed by atoms with Gasteiger partial charge in [-0.3, -0.25) is 34.2 Å². The SMILES string of the molecule is Cc1ccc(C(=O)N2CCC3(CCC(N4CCN(c5ccc6cn([C@H]7CC[C@H](CNC(=O)c8cc(F)c(O)c(F)c8F)CC7)nc6c5)CC4)CC3)C2)cc1N1CCC(=O)NC1=O. The average molecular weight is 855 g/mol. The van der Waals surface area contributed by atoms with Crippen LogP contribution in [0.4, 0.5) is 29.3 Å². The van der Waals surface area contributed by atoms with Gasteiger partial charge in [0, 0.05) is 93.3 Å². The zero-order valence-corrected chi connectivity index (χ0v) is 35.0. The van der Waals surface area contributed by atoms with E-state index in [0.717, 1.165) is 114 Å². The van der Waals surface area contributed by atoms with Gasteiger partial charge in [-0.05, 0) is 118 Å². The van der Waals surface area contributed by atoms with Crippen molar-refractivity contribution in [1.82, 2.24) is 30.2 Å². The van der Waals surface area contributed by atoms with Crippen molar-refractivity contribution in [1.29, 1.82) is 0 Å². The quantitative estimate of drug-likeness (QED) is 0.167. The predicted molar refractivity (Wildman–Crippen MR) is 227 cm³/mol. The maximum atomic E-state index is 14.2. The van der Waals surface area contributed by atoms with Gasteiger partial charge in [0.1, 0.15) is 0 Å². The second-order valence-electron chi connectivity index (χ2n) is 18.1. The van der Waals surface area contributed by atoms with Crippen LogP contribution in [-0.4, -0.2) is 107 Å². The lowest BCUT2D eigenvalue weighted by atomic mass is 9.71. The maximum Gasteiger partial charge on any atom is 0.328 e. The van der Waals surface area contributed by atoms with Crippen LogP contribution in [0, 0.1) is 35.7 Å². The lowest BCUT2D eigenvalue weighted by Crippen LogP contribution is -2.52. The Bertz CT molecular complexity index is 2400. The Balaban J connectivity index is 0.730. The van der Waals surface area contributed by atoms with Gasteiger partial charge in [0.2, 0.25) is 11.7 Å². The van der Waals surface area contributed by atoms with E-state index >= 15 is 0 Å². The van der Waals surface area contributed by atoms with Crippen LogP contribution in [0.5, 0.6) is 5.75 Å². The summed E-state index contributed by atoms with van der Waals surface area (Å²) in [5.41, 5.74) is 3.61. The number of aromatic hydroxyl groups is 1. The van der Waals surface area contributed by atoms with Crippen LogP contribution >= 0.6 is 0 Å². The van der Waals surface area contributed by atoms with E-state index in [4.69, 9.17) is 5.10 Å². The fourth-order valence-electron chi connectivity index (χ4n) is 10.6. The van der Waals surface area contributed by atoms with Gasteiger partial charge >= 0.3 is 6.03 Å². The fourth-order valence-corrected chi connectivity index (χ4v) is 10.6. The summed E-state index contributed by atoms with van der Waals surface area (Å²) < 4.78 is 43.7. The van der Waals surface area contributed by atoms with Gasteiger partial charge in [0.25, 0.3) is 11.8 Å². The predicted octanol–water partition coefficient (Wildman–Crippen LogP) is 6.67. The number of carbonyl (C=O) groups is 4. The highest BCUT2D eigenvalue weighted by atomic mass is 19.2. The number of benzene rings is 3. The highest BCUT2D eigenvalue weighted by Crippen LogP contribution is 2.45. The van der Waals surface area contributed by atoms with Crippen molar-refractivity contribution in [2.24, 2.45) is 11.3 Å². The third-order valence-electron chi connectivity index (χ3n) is 14.4. The molecule has 3 N–H and O–H groups in total. The number of halogens is 3. The summed E-state index contributed by atoms with van der Waals surface area (Å²) in [6.07, 6.45) is 11.1. The molecule has 4 aromatic rings. The van der Waals surface area contributed by atoms with Gasteiger partial charge in [-0.15, -0.1) is 0 Å². The number of rotatable bonds is 8. The number of hydrogen-bond acceptors (Lipinski definition) is 8. The monoisotopic (exact) mass is 854 g/mol. The Hall–Kier alpha value is -5.64. The molecule has 5 fully saturated rings. The number of phenolic OH excluding ortho intramolecular Hbond substituents is 1. The van der Waals surface area contributed by atoms with Crippen LogP contribution in [0.25, 0.3) is 10.9 Å². The standard InChI is InChI=1S/C46H53F3N8O5/c1-28-2-5-30(22-38(28)56-16-12-39(58)51-45(56)62)44(61)55-17-15-46(27-55)13-10-32(11-14-46)53-18-20-54(21-19-53)34-9-6-31-26-57(52-37(31)23-34)33-7-3-29(4-8-33)25-50-43(60)35-24-36(47)42(59)41(49)40(35)48/h2,5-6,9,22-24,26,29,32-33,59H,3-4,7-8,10-21,25,27H2,1H3,(H,50,60)(H,51,58,62)/t29-,32?,33-,46?. The summed E-state index contributed by atoms with van der Waals surface area (Å²) in [6, 6.07) is 12.8. The van der Waals surface area contributed by atoms with Crippen LogP contribution < -0.4 is 20.4 Å². The summed E-state index contributed by atoms with van der Waals surface area (Å²) in [7, 11) is 0. The highest BCUT2D eigenvalue weighted by molar-refractivity contribution is 6.06. The second-order valence-corrected chi connectivity index (χ2v) is 18.1. The Labute approximate surface area is 358 Å². The molecule has 2 aliphatic carbocycles. The van der Waals surface area contributed by atoms with Crippen molar-refractivity contribution in [3.05, 3.63) is 82.8 Å². The first kappa shape index (κ1) is 41.7. The molecular formula is C46H53F3N8O5. The van der Waals surface area contributed by atoms with E-state index in [0.29, 0.717) is 29.9 Å². The van der Waals surface area contributed by atoms with E-state index in [1.54, 1.807) is 11.0 Å². The number of piperazine rings is 1. The van der Waals surface area contributed by atoms with Crippen molar-refractivity contribution in [2.45, 2.75) is 83.2 Å². The van der Waals surface area contributed by atoms with Gasteiger partial charge in [-0.2, -0.15) is 9.49 Å². The second kappa shape index (κ2) is 16.9. The minimum atomic E-state index is -1.78. The van der Waals surface area contributed by atoms with Gasteiger partial charge < -0.3 is 20.2 Å². The van der Waals surface area contributed by atoms with Crippen molar-refractivity contribution < 1.29 is 37.5 Å². The number of amides is 5. The molecule has 4 heterocycles. The first-order valence-electron chi connectivity index (χ1n) is 22.0. The lowest BCUT2D eigenvalue weighted by Gasteiger charge is -2.45. The third kappa shape index (κ3) is 8.20. The third-order valence-corrected chi connectivity index (χ3v) is 14.4. The molecular weight excluding hydrogens is 802 g/mol. The summed E-state index contributed by atoms with van der Waals surface area (Å²) in [5.74, 6) is -7.26. The number of aryl methyl sites for hydroxylation is 1. The van der Waals surface area contributed by atoms with Gasteiger partial charge in [-0.25, -0.2) is 13.6 Å². The average Bonchev–Trinajstić information content (AvgIpc) is 3.91. The Morgan fingerprint density at radius 2 is 1.63 bits per heavy atom. The Morgan fingerprint density at radius 1 is 0.871 bits per heavy atom. The fraction of sp³-hybridized carbons (Fsp3) is 0.500. The zero-order valence-electron chi connectivity index (χ0n) is 35.0. The van der Waals surface area contributed by atoms with E-state index in [1.165, 1.54) is 5.69 Å². The van der Waals surface area contributed by atoms with E-state index in [1.807, 2.05) is 24.0 Å². The molecule has 16 heteroatoms. The van der Waals surface area contributed by atoms with Crippen molar-refractivity contribution >= 4 is 46.0 Å². The van der Waals surface area contributed by atoms with Gasteiger partial charge in [-0.1, -0.05) is 6.07 Å². The maximum absolute atomic E-state index is 14.2. The molecule has 0 unspecified atom stereocenters. The lowest BCUT2D eigenvalue weighted by molar-refractivity contribution is -0.120. The number of likely N-dealkylation sites (tertiary alicyclic amines) is 1. The van der Waals surface area contributed by atoms with E-state index in [2.05, 4.69) is 49.5 Å². The molecule has 9 rings (SSSR count). The number of nitrogens with zero attached hydrogens (tertiary/aromatic N) is 6. The molecule has 328 valence electrons. The highest BCUT2D eigenvalue weighted by Gasteiger charge is 2.44. The van der Waals surface area contributed by atoms with Crippen molar-refractivity contribution in [3.8, 4) is 5.75 Å². The smallest absolute Gasteiger partial charge is 0.328 e. The summed E-state index contributed by atoms with van der Waals surface area (Å²) >= 11 is 0. The molecule has 0 bridgehead atoms. The zero-order chi connectivity index (χ0) is 43.3. The van der Waals surface area contributed by atoms with Crippen LogP contribution in [0.2, 0.25) is 0 Å². The van der Waals surface area contributed by atoms with Gasteiger partial charge in [0.15, 0.2) is 17.4 Å². The topological polar surface area (TPSA) is 143 Å². The molecule has 3 saturated heterocycles. The molecule has 13 nitrogen and oxygen atoms in total. The molecule has 62 heavy (non-hydrogen) atoms. The number of aromatic nitrogens is 2. The van der Waals surface area contributed by atoms with Crippen LogP contribution in [-0.2, 0) is 4.79 Å².